The smallest absolute Gasteiger partial charge is 0.274 e. The average molecular weight is 459 g/mol. The lowest BCUT2D eigenvalue weighted by molar-refractivity contribution is -0.0440. The van der Waals surface area contributed by atoms with Gasteiger partial charge in [-0.3, -0.25) is 9.36 Å². The summed E-state index contributed by atoms with van der Waals surface area (Å²) in [5.41, 5.74) is 1.28. The molecule has 2 atom stereocenters. The molecule has 0 bridgehead atoms. The molecule has 1 aliphatic rings. The van der Waals surface area contributed by atoms with Crippen molar-refractivity contribution in [3.63, 3.8) is 0 Å². The van der Waals surface area contributed by atoms with Crippen LogP contribution in [0.4, 0.5) is 10.1 Å². The van der Waals surface area contributed by atoms with E-state index in [1.54, 1.807) is 12.1 Å². The van der Waals surface area contributed by atoms with Crippen LogP contribution < -0.4 is 5.32 Å². The SMILES string of the molecule is C[C@H]1CN(S(=O)(=O)c2ccc(NC(=O)c3cncn3-c3ccc(F)cc3)cc2)C[C@H](C)O1. The molecule has 1 aromatic heterocycles. The van der Waals surface area contributed by atoms with E-state index >= 15 is 0 Å². The molecule has 32 heavy (non-hydrogen) atoms. The van der Waals surface area contributed by atoms with Crippen molar-refractivity contribution in [1.29, 1.82) is 0 Å². The van der Waals surface area contributed by atoms with Crippen molar-refractivity contribution >= 4 is 21.6 Å². The molecule has 0 saturated carbocycles. The Bertz CT molecular complexity index is 1200. The molecule has 1 aliphatic heterocycles. The molecule has 0 unspecified atom stereocenters. The number of carbonyl (C=O) groups is 1. The second-order valence-corrected chi connectivity index (χ2v) is 9.62. The predicted octanol–water partition coefficient (Wildman–Crippen LogP) is 3.06. The van der Waals surface area contributed by atoms with Crippen LogP contribution in [0.1, 0.15) is 24.3 Å². The fourth-order valence-electron chi connectivity index (χ4n) is 3.65. The molecular formula is C22H23FN4O4S. The lowest BCUT2D eigenvalue weighted by Crippen LogP contribution is -2.48. The quantitative estimate of drug-likeness (QED) is 0.634. The summed E-state index contributed by atoms with van der Waals surface area (Å²) in [5.74, 6) is -0.811. The molecule has 0 spiro atoms. The topological polar surface area (TPSA) is 93.5 Å². The minimum Gasteiger partial charge on any atom is -0.373 e. The van der Waals surface area contributed by atoms with Crippen molar-refractivity contribution in [2.24, 2.45) is 0 Å². The fourth-order valence-corrected chi connectivity index (χ4v) is 5.24. The molecule has 0 radical (unpaired) electrons. The number of aromatic nitrogens is 2. The van der Waals surface area contributed by atoms with E-state index in [0.717, 1.165) is 0 Å². The number of hydrogen-bond donors (Lipinski definition) is 1. The molecule has 2 heterocycles. The second-order valence-electron chi connectivity index (χ2n) is 7.68. The Kier molecular flexibility index (Phi) is 6.09. The zero-order chi connectivity index (χ0) is 22.9. The second kappa shape index (κ2) is 8.81. The van der Waals surface area contributed by atoms with Crippen LogP contribution in [0.3, 0.4) is 0 Å². The van der Waals surface area contributed by atoms with Gasteiger partial charge in [-0.1, -0.05) is 0 Å². The van der Waals surface area contributed by atoms with Crippen LogP contribution in [-0.2, 0) is 14.8 Å². The van der Waals surface area contributed by atoms with Gasteiger partial charge in [-0.2, -0.15) is 4.31 Å². The van der Waals surface area contributed by atoms with Gasteiger partial charge >= 0.3 is 0 Å². The number of anilines is 1. The number of hydrogen-bond acceptors (Lipinski definition) is 5. The highest BCUT2D eigenvalue weighted by atomic mass is 32.2. The predicted molar refractivity (Wildman–Crippen MR) is 117 cm³/mol. The lowest BCUT2D eigenvalue weighted by atomic mass is 10.3. The number of nitrogens with one attached hydrogen (secondary N) is 1. The van der Waals surface area contributed by atoms with Gasteiger partial charge in [-0.15, -0.1) is 0 Å². The van der Waals surface area contributed by atoms with Gasteiger partial charge in [0.15, 0.2) is 0 Å². The van der Waals surface area contributed by atoms with Crippen LogP contribution in [0.15, 0.2) is 66.0 Å². The Labute approximate surface area is 185 Å². The van der Waals surface area contributed by atoms with Gasteiger partial charge in [0.2, 0.25) is 10.0 Å². The third-order valence-corrected chi connectivity index (χ3v) is 6.96. The highest BCUT2D eigenvalue weighted by Crippen LogP contribution is 2.23. The molecule has 1 amide bonds. The monoisotopic (exact) mass is 458 g/mol. The number of morpholine rings is 1. The number of benzene rings is 2. The van der Waals surface area contributed by atoms with Crippen molar-refractivity contribution in [2.45, 2.75) is 31.0 Å². The zero-order valence-electron chi connectivity index (χ0n) is 17.6. The van der Waals surface area contributed by atoms with E-state index in [1.807, 2.05) is 13.8 Å². The van der Waals surface area contributed by atoms with Crippen LogP contribution in [-0.4, -0.2) is 53.5 Å². The minimum absolute atomic E-state index is 0.146. The van der Waals surface area contributed by atoms with Crippen LogP contribution in [0.5, 0.6) is 0 Å². The Balaban J connectivity index is 1.49. The maximum atomic E-state index is 13.2. The summed E-state index contributed by atoms with van der Waals surface area (Å²) in [6.07, 6.45) is 2.50. The Morgan fingerprint density at radius 2 is 1.69 bits per heavy atom. The Morgan fingerprint density at radius 1 is 1.06 bits per heavy atom. The van der Waals surface area contributed by atoms with E-state index in [1.165, 1.54) is 57.8 Å². The number of halogens is 1. The van der Waals surface area contributed by atoms with E-state index in [0.29, 0.717) is 24.5 Å². The van der Waals surface area contributed by atoms with Gasteiger partial charge < -0.3 is 10.1 Å². The number of amides is 1. The first-order chi connectivity index (χ1) is 15.2. The third-order valence-electron chi connectivity index (χ3n) is 5.11. The van der Waals surface area contributed by atoms with Crippen LogP contribution in [0.25, 0.3) is 5.69 Å². The molecule has 4 rings (SSSR count). The summed E-state index contributed by atoms with van der Waals surface area (Å²) in [6.45, 7) is 4.26. The van der Waals surface area contributed by atoms with Crippen LogP contribution in [0, 0.1) is 5.82 Å². The summed E-state index contributed by atoms with van der Waals surface area (Å²) in [7, 11) is -3.67. The van der Waals surface area contributed by atoms with Crippen molar-refractivity contribution in [3.05, 3.63) is 72.6 Å². The molecule has 1 saturated heterocycles. The Hall–Kier alpha value is -3.08. The number of sulfonamides is 1. The maximum absolute atomic E-state index is 13.2. The highest BCUT2D eigenvalue weighted by Gasteiger charge is 2.32. The van der Waals surface area contributed by atoms with Gasteiger partial charge in [0.1, 0.15) is 11.5 Å². The molecule has 8 nitrogen and oxygen atoms in total. The summed E-state index contributed by atoms with van der Waals surface area (Å²) >= 11 is 0. The van der Waals surface area contributed by atoms with Gasteiger partial charge in [-0.05, 0) is 62.4 Å². The summed E-state index contributed by atoms with van der Waals surface area (Å²) in [5, 5.41) is 2.74. The molecule has 1 fully saturated rings. The van der Waals surface area contributed by atoms with E-state index in [-0.39, 0.29) is 28.6 Å². The first-order valence-electron chi connectivity index (χ1n) is 10.1. The fraction of sp³-hybridized carbons (Fsp3) is 0.273. The first-order valence-corrected chi connectivity index (χ1v) is 11.5. The van der Waals surface area contributed by atoms with E-state index in [2.05, 4.69) is 10.3 Å². The summed E-state index contributed by atoms with van der Waals surface area (Å²) in [4.78, 5) is 16.9. The summed E-state index contributed by atoms with van der Waals surface area (Å²) in [6, 6.07) is 11.7. The normalized spacial score (nSPS) is 19.6. The van der Waals surface area contributed by atoms with E-state index in [4.69, 9.17) is 4.74 Å². The van der Waals surface area contributed by atoms with Gasteiger partial charge in [0.25, 0.3) is 5.91 Å². The molecule has 2 aromatic carbocycles. The first kappa shape index (κ1) is 22.1. The van der Waals surface area contributed by atoms with Gasteiger partial charge in [-0.25, -0.2) is 17.8 Å². The molecule has 10 heteroatoms. The van der Waals surface area contributed by atoms with Crippen molar-refractivity contribution in [1.82, 2.24) is 13.9 Å². The van der Waals surface area contributed by atoms with E-state index < -0.39 is 15.9 Å². The number of imidazole rings is 1. The lowest BCUT2D eigenvalue weighted by Gasteiger charge is -2.34. The molecule has 168 valence electrons. The van der Waals surface area contributed by atoms with Crippen molar-refractivity contribution in [2.75, 3.05) is 18.4 Å². The maximum Gasteiger partial charge on any atom is 0.274 e. The van der Waals surface area contributed by atoms with E-state index in [9.17, 15) is 17.6 Å². The standard InChI is InChI=1S/C22H23FN4O4S/c1-15-12-26(13-16(2)31-15)32(29,30)20-9-5-18(6-10-20)25-22(28)21-11-24-14-27(21)19-7-3-17(23)4-8-19/h3-11,14-16H,12-13H2,1-2H3,(H,25,28)/t15-,16-/m0/s1. The van der Waals surface area contributed by atoms with Crippen LogP contribution in [0.2, 0.25) is 0 Å². The third kappa shape index (κ3) is 4.57. The Morgan fingerprint density at radius 3 is 2.31 bits per heavy atom. The molecule has 3 aromatic rings. The largest absolute Gasteiger partial charge is 0.373 e. The summed E-state index contributed by atoms with van der Waals surface area (Å²) < 4.78 is 47.7. The average Bonchev–Trinajstić information content (AvgIpc) is 3.24. The van der Waals surface area contributed by atoms with Crippen molar-refractivity contribution < 1.29 is 22.3 Å². The van der Waals surface area contributed by atoms with Crippen LogP contribution >= 0.6 is 0 Å². The number of nitrogens with zero attached hydrogens (tertiary/aromatic N) is 3. The number of rotatable bonds is 5. The zero-order valence-corrected chi connectivity index (χ0v) is 18.4. The van der Waals surface area contributed by atoms with Gasteiger partial charge in [0, 0.05) is 24.5 Å². The van der Waals surface area contributed by atoms with Gasteiger partial charge in [0.05, 0.1) is 29.6 Å². The minimum atomic E-state index is -3.67. The number of carbonyl (C=O) groups excluding carboxylic acids is 1. The number of ether oxygens (including phenoxy) is 1. The molecular weight excluding hydrogens is 435 g/mol. The van der Waals surface area contributed by atoms with Crippen molar-refractivity contribution in [3.8, 4) is 5.69 Å². The molecule has 0 aliphatic carbocycles. The molecule has 1 N–H and O–H groups in total. The highest BCUT2D eigenvalue weighted by molar-refractivity contribution is 7.89.